The van der Waals surface area contributed by atoms with Crippen LogP contribution in [0.1, 0.15) is 13.8 Å². The molecule has 1 saturated heterocycles. The second-order valence-corrected chi connectivity index (χ2v) is 6.21. The fourth-order valence-corrected chi connectivity index (χ4v) is 3.06. The highest BCUT2D eigenvalue weighted by molar-refractivity contribution is 5.78. The third-order valence-electron chi connectivity index (χ3n) is 4.10. The van der Waals surface area contributed by atoms with E-state index >= 15 is 0 Å². The van der Waals surface area contributed by atoms with Crippen LogP contribution in [0.2, 0.25) is 0 Å². The lowest BCUT2D eigenvalue weighted by molar-refractivity contribution is -0.145. The molecule has 0 spiro atoms. The second-order valence-electron chi connectivity index (χ2n) is 6.21. The average molecular weight is 325 g/mol. The van der Waals surface area contributed by atoms with E-state index in [4.69, 9.17) is 9.47 Å². The van der Waals surface area contributed by atoms with Crippen LogP contribution in [0.3, 0.4) is 0 Å². The third kappa shape index (κ3) is 3.95. The largest absolute Gasteiger partial charge is 0.483 e. The summed E-state index contributed by atoms with van der Waals surface area (Å²) in [5.41, 5.74) is 2.07. The van der Waals surface area contributed by atoms with E-state index in [2.05, 4.69) is 0 Å². The Hall–Kier alpha value is -2.33. The number of nitrogens with zero attached hydrogens (tertiary/aromatic N) is 1. The first-order valence-corrected chi connectivity index (χ1v) is 8.34. The Bertz CT molecular complexity index is 676. The quantitative estimate of drug-likeness (QED) is 0.865. The zero-order valence-corrected chi connectivity index (χ0v) is 14.1. The summed E-state index contributed by atoms with van der Waals surface area (Å²) in [5, 5.41) is 0. The molecular formula is C20H23NO3. The normalized spacial score (nSPS) is 20.7. The van der Waals surface area contributed by atoms with Crippen LogP contribution in [0.4, 0.5) is 0 Å². The molecule has 2 aromatic carbocycles. The molecule has 0 aromatic heterocycles. The van der Waals surface area contributed by atoms with Gasteiger partial charge in [-0.2, -0.15) is 0 Å². The van der Waals surface area contributed by atoms with Gasteiger partial charge in [0.25, 0.3) is 5.91 Å². The van der Waals surface area contributed by atoms with Crippen molar-refractivity contribution in [3.63, 3.8) is 0 Å². The SMILES string of the molecule is CC1CN(C(=O)COc2ccccc2-c2ccccc2)CC(C)O1. The number of para-hydroxylation sites is 1. The monoisotopic (exact) mass is 325 g/mol. The topological polar surface area (TPSA) is 38.8 Å². The fraction of sp³-hybridized carbons (Fsp3) is 0.350. The van der Waals surface area contributed by atoms with Crippen LogP contribution in [0.15, 0.2) is 54.6 Å². The average Bonchev–Trinajstić information content (AvgIpc) is 2.60. The maximum atomic E-state index is 12.5. The van der Waals surface area contributed by atoms with Crippen LogP contribution < -0.4 is 4.74 Å². The zero-order valence-electron chi connectivity index (χ0n) is 14.1. The standard InChI is InChI=1S/C20H23NO3/c1-15-12-21(13-16(2)24-15)20(22)14-23-19-11-7-6-10-18(19)17-8-4-3-5-9-17/h3-11,15-16H,12-14H2,1-2H3. The molecule has 2 unspecified atom stereocenters. The molecule has 2 aromatic rings. The molecule has 3 rings (SSSR count). The first kappa shape index (κ1) is 16.5. The number of carbonyl (C=O) groups is 1. The van der Waals surface area contributed by atoms with Gasteiger partial charge in [0.2, 0.25) is 0 Å². The van der Waals surface area contributed by atoms with Gasteiger partial charge >= 0.3 is 0 Å². The van der Waals surface area contributed by atoms with Crippen molar-refractivity contribution in [3.05, 3.63) is 54.6 Å². The van der Waals surface area contributed by atoms with Crippen molar-refractivity contribution < 1.29 is 14.3 Å². The number of ether oxygens (including phenoxy) is 2. The van der Waals surface area contributed by atoms with Crippen molar-refractivity contribution >= 4 is 5.91 Å². The molecule has 126 valence electrons. The van der Waals surface area contributed by atoms with Gasteiger partial charge in [-0.3, -0.25) is 4.79 Å². The molecule has 0 bridgehead atoms. The number of carbonyl (C=O) groups excluding carboxylic acids is 1. The Morgan fingerprint density at radius 1 is 1.04 bits per heavy atom. The zero-order chi connectivity index (χ0) is 16.9. The number of benzene rings is 2. The van der Waals surface area contributed by atoms with Gasteiger partial charge in [0, 0.05) is 18.7 Å². The molecule has 2 atom stereocenters. The van der Waals surface area contributed by atoms with Crippen molar-refractivity contribution in [2.45, 2.75) is 26.1 Å². The summed E-state index contributed by atoms with van der Waals surface area (Å²) in [7, 11) is 0. The molecule has 4 nitrogen and oxygen atoms in total. The highest BCUT2D eigenvalue weighted by Gasteiger charge is 2.26. The third-order valence-corrected chi connectivity index (χ3v) is 4.10. The summed E-state index contributed by atoms with van der Waals surface area (Å²) in [6.07, 6.45) is 0.128. The second kappa shape index (κ2) is 7.49. The molecule has 1 heterocycles. The Balaban J connectivity index is 1.68. The lowest BCUT2D eigenvalue weighted by Gasteiger charge is -2.35. The Morgan fingerprint density at radius 2 is 1.67 bits per heavy atom. The van der Waals surface area contributed by atoms with Crippen LogP contribution in [-0.2, 0) is 9.53 Å². The van der Waals surface area contributed by atoms with E-state index in [0.717, 1.165) is 16.9 Å². The van der Waals surface area contributed by atoms with E-state index < -0.39 is 0 Å². The highest BCUT2D eigenvalue weighted by Crippen LogP contribution is 2.29. The molecule has 0 saturated carbocycles. The van der Waals surface area contributed by atoms with Gasteiger partial charge in [-0.05, 0) is 25.5 Å². The summed E-state index contributed by atoms with van der Waals surface area (Å²) in [4.78, 5) is 14.3. The van der Waals surface area contributed by atoms with E-state index in [0.29, 0.717) is 13.1 Å². The predicted octanol–water partition coefficient (Wildman–Crippen LogP) is 3.37. The van der Waals surface area contributed by atoms with E-state index in [9.17, 15) is 4.79 Å². The van der Waals surface area contributed by atoms with Crippen molar-refractivity contribution in [1.82, 2.24) is 4.90 Å². The molecule has 1 amide bonds. The summed E-state index contributed by atoms with van der Waals surface area (Å²) < 4.78 is 11.5. The maximum Gasteiger partial charge on any atom is 0.260 e. The summed E-state index contributed by atoms with van der Waals surface area (Å²) in [5.74, 6) is 0.728. The minimum absolute atomic E-state index is 0.000125. The molecule has 1 aliphatic heterocycles. The van der Waals surface area contributed by atoms with Gasteiger partial charge in [-0.15, -0.1) is 0 Å². The van der Waals surface area contributed by atoms with Crippen molar-refractivity contribution in [2.24, 2.45) is 0 Å². The minimum Gasteiger partial charge on any atom is -0.483 e. The maximum absolute atomic E-state index is 12.5. The van der Waals surface area contributed by atoms with Crippen LogP contribution in [0, 0.1) is 0 Å². The fourth-order valence-electron chi connectivity index (χ4n) is 3.06. The van der Waals surface area contributed by atoms with Crippen LogP contribution >= 0.6 is 0 Å². The summed E-state index contributed by atoms with van der Waals surface area (Å²) in [6.45, 7) is 5.26. The molecule has 0 aliphatic carbocycles. The lowest BCUT2D eigenvalue weighted by Crippen LogP contribution is -2.49. The van der Waals surface area contributed by atoms with Gasteiger partial charge in [0.1, 0.15) is 5.75 Å². The first-order valence-electron chi connectivity index (χ1n) is 8.34. The summed E-state index contributed by atoms with van der Waals surface area (Å²) >= 11 is 0. The molecular weight excluding hydrogens is 302 g/mol. The van der Waals surface area contributed by atoms with Crippen LogP contribution in [-0.4, -0.2) is 42.7 Å². The first-order chi connectivity index (χ1) is 11.6. The molecule has 24 heavy (non-hydrogen) atoms. The van der Waals surface area contributed by atoms with Gasteiger partial charge in [-0.25, -0.2) is 0 Å². The smallest absolute Gasteiger partial charge is 0.260 e. The van der Waals surface area contributed by atoms with E-state index in [-0.39, 0.29) is 24.7 Å². The lowest BCUT2D eigenvalue weighted by atomic mass is 10.1. The van der Waals surface area contributed by atoms with Crippen molar-refractivity contribution in [2.75, 3.05) is 19.7 Å². The van der Waals surface area contributed by atoms with Gasteiger partial charge < -0.3 is 14.4 Å². The number of amides is 1. The van der Waals surface area contributed by atoms with Crippen molar-refractivity contribution in [3.8, 4) is 16.9 Å². The van der Waals surface area contributed by atoms with E-state index in [1.165, 1.54) is 0 Å². The number of hydrogen-bond acceptors (Lipinski definition) is 3. The Kier molecular flexibility index (Phi) is 5.16. The number of morpholine rings is 1. The number of rotatable bonds is 4. The Labute approximate surface area is 143 Å². The molecule has 1 aliphatic rings. The minimum atomic E-state index is -0.000125. The molecule has 0 N–H and O–H groups in total. The van der Waals surface area contributed by atoms with Crippen LogP contribution in [0.5, 0.6) is 5.75 Å². The van der Waals surface area contributed by atoms with Gasteiger partial charge in [0.05, 0.1) is 12.2 Å². The molecule has 0 radical (unpaired) electrons. The van der Waals surface area contributed by atoms with Crippen LogP contribution in [0.25, 0.3) is 11.1 Å². The predicted molar refractivity (Wildman–Crippen MR) is 94.0 cm³/mol. The molecule has 4 heteroatoms. The van der Waals surface area contributed by atoms with Gasteiger partial charge in [0.15, 0.2) is 6.61 Å². The van der Waals surface area contributed by atoms with Crippen molar-refractivity contribution in [1.29, 1.82) is 0 Å². The summed E-state index contributed by atoms with van der Waals surface area (Å²) in [6, 6.07) is 17.9. The molecule has 1 fully saturated rings. The number of hydrogen-bond donors (Lipinski definition) is 0. The Morgan fingerprint density at radius 3 is 2.38 bits per heavy atom. The van der Waals surface area contributed by atoms with E-state index in [1.54, 1.807) is 0 Å². The van der Waals surface area contributed by atoms with Gasteiger partial charge in [-0.1, -0.05) is 48.5 Å². The highest BCUT2D eigenvalue weighted by atomic mass is 16.5. The van der Waals surface area contributed by atoms with E-state index in [1.807, 2.05) is 73.3 Å².